The van der Waals surface area contributed by atoms with Gasteiger partial charge in [0, 0.05) is 6.07 Å². The van der Waals surface area contributed by atoms with E-state index < -0.39 is 11.8 Å². The summed E-state index contributed by atoms with van der Waals surface area (Å²) in [5, 5.41) is 14.3. The van der Waals surface area contributed by atoms with Crippen molar-refractivity contribution in [2.24, 2.45) is 5.92 Å². The summed E-state index contributed by atoms with van der Waals surface area (Å²) >= 11 is 0. The van der Waals surface area contributed by atoms with Gasteiger partial charge in [0.05, 0.1) is 24.9 Å². The maximum Gasteiger partial charge on any atom is 0.319 e. The molecule has 0 spiro atoms. The van der Waals surface area contributed by atoms with Crippen molar-refractivity contribution in [1.29, 1.82) is 0 Å². The number of carbonyl (C=O) groups is 1. The molecule has 1 aliphatic carbocycles. The molecule has 1 aromatic rings. The summed E-state index contributed by atoms with van der Waals surface area (Å²) in [7, 11) is 0. The number of nitrogens with one attached hydrogen (secondary N) is 2. The minimum Gasteiger partial charge on any atom is -0.491 e. The number of ether oxygens (including phenoxy) is 1. The fraction of sp³-hybridized carbons (Fsp3) is 0.533. The van der Waals surface area contributed by atoms with Crippen LogP contribution in [0.1, 0.15) is 26.2 Å². The van der Waals surface area contributed by atoms with Gasteiger partial charge in [-0.1, -0.05) is 6.92 Å². The highest BCUT2D eigenvalue weighted by atomic mass is 19.1. The van der Waals surface area contributed by atoms with Gasteiger partial charge in [0.15, 0.2) is 0 Å². The van der Waals surface area contributed by atoms with Gasteiger partial charge in [-0.3, -0.25) is 0 Å². The minimum atomic E-state index is -0.446. The second-order valence-corrected chi connectivity index (χ2v) is 5.28. The lowest BCUT2D eigenvalue weighted by Crippen LogP contribution is -2.39. The summed E-state index contributed by atoms with van der Waals surface area (Å²) in [6.45, 7) is 2.27. The molecule has 1 fully saturated rings. The summed E-state index contributed by atoms with van der Waals surface area (Å²) in [5.41, 5.74) is 0.419. The first-order valence-electron chi connectivity index (χ1n) is 7.23. The van der Waals surface area contributed by atoms with E-state index >= 15 is 0 Å². The number of carbonyl (C=O) groups excluding carboxylic acids is 1. The van der Waals surface area contributed by atoms with Crippen molar-refractivity contribution in [3.8, 4) is 5.75 Å². The third kappa shape index (κ3) is 4.90. The number of anilines is 1. The molecule has 1 atom stereocenters. The van der Waals surface area contributed by atoms with Crippen molar-refractivity contribution in [3.05, 3.63) is 24.0 Å². The highest BCUT2D eigenvalue weighted by Gasteiger charge is 2.22. The Kier molecular flexibility index (Phi) is 5.38. The Hall–Kier alpha value is -1.82. The Labute approximate surface area is 123 Å². The standard InChI is InChI=1S/C15H21FN2O3/c1-2-12(8-19)17-15(20)18-13-6-5-11(16)7-14(13)21-9-10-3-4-10/h5-7,10,12,19H,2-4,8-9H2,1H3,(H2,17,18,20). The lowest BCUT2D eigenvalue weighted by Gasteiger charge is -2.16. The Morgan fingerprint density at radius 3 is 2.90 bits per heavy atom. The van der Waals surface area contributed by atoms with Gasteiger partial charge in [0.25, 0.3) is 0 Å². The number of aliphatic hydroxyl groups is 1. The van der Waals surface area contributed by atoms with E-state index in [-0.39, 0.29) is 12.6 Å². The van der Waals surface area contributed by atoms with Crippen LogP contribution in [0.5, 0.6) is 5.75 Å². The van der Waals surface area contributed by atoms with Gasteiger partial charge in [-0.25, -0.2) is 9.18 Å². The predicted octanol–water partition coefficient (Wildman–Crippen LogP) is 2.51. The van der Waals surface area contributed by atoms with E-state index in [2.05, 4.69) is 10.6 Å². The molecule has 116 valence electrons. The molecule has 1 unspecified atom stereocenters. The maximum atomic E-state index is 13.3. The number of amides is 2. The van der Waals surface area contributed by atoms with Crippen molar-refractivity contribution in [1.82, 2.24) is 5.32 Å². The van der Waals surface area contributed by atoms with Gasteiger partial charge in [0.1, 0.15) is 11.6 Å². The third-order valence-electron chi connectivity index (χ3n) is 3.41. The smallest absolute Gasteiger partial charge is 0.319 e. The lowest BCUT2D eigenvalue weighted by molar-refractivity contribution is 0.222. The van der Waals surface area contributed by atoms with Crippen LogP contribution < -0.4 is 15.4 Å². The number of urea groups is 1. The molecule has 0 aromatic heterocycles. The Morgan fingerprint density at radius 1 is 1.52 bits per heavy atom. The molecule has 0 saturated heterocycles. The molecule has 3 N–H and O–H groups in total. The van der Waals surface area contributed by atoms with E-state index in [1.54, 1.807) is 0 Å². The first-order valence-corrected chi connectivity index (χ1v) is 7.23. The van der Waals surface area contributed by atoms with Crippen molar-refractivity contribution in [2.75, 3.05) is 18.5 Å². The number of rotatable bonds is 7. The zero-order valence-electron chi connectivity index (χ0n) is 12.1. The van der Waals surface area contributed by atoms with Crippen LogP contribution in [0.25, 0.3) is 0 Å². The van der Waals surface area contributed by atoms with Crippen LogP contribution in [-0.4, -0.2) is 30.4 Å². The molecule has 6 heteroatoms. The van der Waals surface area contributed by atoms with E-state index in [1.807, 2.05) is 6.92 Å². The second-order valence-electron chi connectivity index (χ2n) is 5.28. The highest BCUT2D eigenvalue weighted by molar-refractivity contribution is 5.91. The van der Waals surface area contributed by atoms with Crippen molar-refractivity contribution >= 4 is 11.7 Å². The average molecular weight is 296 g/mol. The lowest BCUT2D eigenvalue weighted by atomic mass is 10.2. The van der Waals surface area contributed by atoms with Crippen LogP contribution in [0.2, 0.25) is 0 Å². The first-order chi connectivity index (χ1) is 10.1. The SMILES string of the molecule is CCC(CO)NC(=O)Nc1ccc(F)cc1OCC1CC1. The maximum absolute atomic E-state index is 13.3. The normalized spacial score (nSPS) is 15.4. The molecule has 5 nitrogen and oxygen atoms in total. The monoisotopic (exact) mass is 296 g/mol. The quantitative estimate of drug-likeness (QED) is 0.724. The number of hydrogen-bond acceptors (Lipinski definition) is 3. The summed E-state index contributed by atoms with van der Waals surface area (Å²) < 4.78 is 18.9. The fourth-order valence-electron chi connectivity index (χ4n) is 1.83. The van der Waals surface area contributed by atoms with Gasteiger partial charge >= 0.3 is 6.03 Å². The number of hydrogen-bond donors (Lipinski definition) is 3. The highest BCUT2D eigenvalue weighted by Crippen LogP contribution is 2.32. The predicted molar refractivity (Wildman–Crippen MR) is 77.9 cm³/mol. The van der Waals surface area contributed by atoms with Gasteiger partial charge in [0.2, 0.25) is 0 Å². The molecule has 0 radical (unpaired) electrons. The van der Waals surface area contributed by atoms with Crippen molar-refractivity contribution in [3.63, 3.8) is 0 Å². The molecule has 2 amide bonds. The van der Waals surface area contributed by atoms with Crippen molar-refractivity contribution < 1.29 is 19.0 Å². The zero-order chi connectivity index (χ0) is 15.2. The Balaban J connectivity index is 1.98. The average Bonchev–Trinajstić information content (AvgIpc) is 3.29. The molecule has 2 rings (SSSR count). The van der Waals surface area contributed by atoms with E-state index in [4.69, 9.17) is 9.84 Å². The van der Waals surface area contributed by atoms with Crippen molar-refractivity contribution in [2.45, 2.75) is 32.2 Å². The van der Waals surface area contributed by atoms with Gasteiger partial charge < -0.3 is 20.5 Å². The Morgan fingerprint density at radius 2 is 2.29 bits per heavy atom. The largest absolute Gasteiger partial charge is 0.491 e. The van der Waals surface area contributed by atoms with Gasteiger partial charge in [-0.15, -0.1) is 0 Å². The molecule has 21 heavy (non-hydrogen) atoms. The molecule has 0 bridgehead atoms. The third-order valence-corrected chi connectivity index (χ3v) is 3.41. The topological polar surface area (TPSA) is 70.6 Å². The summed E-state index contributed by atoms with van der Waals surface area (Å²) in [6, 6.07) is 3.25. The van der Waals surface area contributed by atoms with Gasteiger partial charge in [-0.2, -0.15) is 0 Å². The summed E-state index contributed by atoms with van der Waals surface area (Å²) in [5.74, 6) is 0.455. The Bertz CT molecular complexity index is 488. The van der Waals surface area contributed by atoms with Crippen LogP contribution in [0, 0.1) is 11.7 Å². The van der Waals surface area contributed by atoms with E-state index in [0.29, 0.717) is 30.4 Å². The molecule has 1 aromatic carbocycles. The minimum absolute atomic E-state index is 0.127. The number of benzene rings is 1. The molecular weight excluding hydrogens is 275 g/mol. The zero-order valence-corrected chi connectivity index (χ0v) is 12.1. The van der Waals surface area contributed by atoms with Crippen LogP contribution in [0.15, 0.2) is 18.2 Å². The first kappa shape index (κ1) is 15.6. The molecule has 0 heterocycles. The van der Waals surface area contributed by atoms with E-state index in [0.717, 1.165) is 12.8 Å². The van der Waals surface area contributed by atoms with Gasteiger partial charge in [-0.05, 0) is 37.3 Å². The van der Waals surface area contributed by atoms with Crippen LogP contribution in [0.3, 0.4) is 0 Å². The van der Waals surface area contributed by atoms with Crippen LogP contribution in [-0.2, 0) is 0 Å². The van der Waals surface area contributed by atoms with E-state index in [1.165, 1.54) is 18.2 Å². The summed E-state index contributed by atoms with van der Waals surface area (Å²) in [4.78, 5) is 11.8. The van der Waals surface area contributed by atoms with Crippen LogP contribution >= 0.6 is 0 Å². The molecular formula is C15H21FN2O3. The molecule has 1 aliphatic rings. The second kappa shape index (κ2) is 7.26. The number of halogens is 1. The molecule has 1 saturated carbocycles. The number of aliphatic hydroxyl groups excluding tert-OH is 1. The molecule has 0 aliphatic heterocycles. The summed E-state index contributed by atoms with van der Waals surface area (Å²) in [6.07, 6.45) is 2.89. The van der Waals surface area contributed by atoms with E-state index in [9.17, 15) is 9.18 Å². The fourth-order valence-corrected chi connectivity index (χ4v) is 1.83. The van der Waals surface area contributed by atoms with Crippen LogP contribution in [0.4, 0.5) is 14.9 Å².